The van der Waals surface area contributed by atoms with Crippen LogP contribution in [0.25, 0.3) is 21.5 Å². The molecule has 0 atom stereocenters. The number of rotatable bonds is 11. The van der Waals surface area contributed by atoms with Crippen molar-refractivity contribution >= 4 is 45.6 Å². The fourth-order valence-electron chi connectivity index (χ4n) is 5.47. The van der Waals surface area contributed by atoms with E-state index in [-0.39, 0.29) is 5.91 Å². The maximum absolute atomic E-state index is 12.9. The van der Waals surface area contributed by atoms with Gasteiger partial charge in [0.05, 0.1) is 5.56 Å². The van der Waals surface area contributed by atoms with Crippen molar-refractivity contribution in [3.05, 3.63) is 131 Å². The second-order valence-corrected chi connectivity index (χ2v) is 14.9. The molecule has 3 amide bonds. The van der Waals surface area contributed by atoms with Gasteiger partial charge in [-0.25, -0.2) is 14.4 Å². The Kier molecular flexibility index (Phi) is 14.2. The Hall–Kier alpha value is -5.90. The summed E-state index contributed by atoms with van der Waals surface area (Å²) in [6, 6.07) is 34.3. The first-order chi connectivity index (χ1) is 25.6. The van der Waals surface area contributed by atoms with E-state index < -0.39 is 29.4 Å². The molecule has 0 aliphatic heterocycles. The summed E-state index contributed by atoms with van der Waals surface area (Å²) in [7, 11) is 0. The van der Waals surface area contributed by atoms with Crippen LogP contribution in [-0.4, -0.2) is 64.9 Å². The number of amides is 3. The molecule has 0 aliphatic carbocycles. The molecular formula is C44H51N3O7. The van der Waals surface area contributed by atoms with E-state index in [2.05, 4.69) is 10.6 Å². The molecule has 0 aromatic heterocycles. The number of nitrogens with one attached hydrogen (secondary N) is 2. The van der Waals surface area contributed by atoms with Crippen LogP contribution in [-0.2, 0) is 22.4 Å². The number of alkyl carbamates (subject to hydrolysis) is 1. The van der Waals surface area contributed by atoms with Crippen LogP contribution in [0.15, 0.2) is 109 Å². The number of ether oxygens (including phenoxy) is 2. The van der Waals surface area contributed by atoms with Crippen LogP contribution in [0.2, 0.25) is 0 Å². The molecule has 5 aromatic carbocycles. The van der Waals surface area contributed by atoms with Gasteiger partial charge >= 0.3 is 18.2 Å². The average molecular weight is 734 g/mol. The second kappa shape index (κ2) is 18.7. The van der Waals surface area contributed by atoms with Crippen LogP contribution >= 0.6 is 0 Å². The van der Waals surface area contributed by atoms with E-state index >= 15 is 0 Å². The van der Waals surface area contributed by atoms with Crippen LogP contribution in [0.4, 0.5) is 9.59 Å². The van der Waals surface area contributed by atoms with Crippen LogP contribution in [0, 0.1) is 0 Å². The molecule has 0 saturated carbocycles. The fraction of sp³-hybridized carbons (Fsp3) is 0.318. The smallest absolute Gasteiger partial charge is 0.410 e. The Morgan fingerprint density at radius 2 is 1.13 bits per heavy atom. The van der Waals surface area contributed by atoms with Gasteiger partial charge in [0.1, 0.15) is 11.2 Å². The monoisotopic (exact) mass is 733 g/mol. The van der Waals surface area contributed by atoms with Gasteiger partial charge in [-0.1, -0.05) is 84.9 Å². The minimum Gasteiger partial charge on any atom is -0.478 e. The standard InChI is InChI=1S/C33H43N3O5.C11H8O2/c1-32(2,3)40-30(38)35-23-25-15-13-24(14-16-25)10-9-20-36(31(39)41-33(4,5)6)21-19-34-29(37)28-18-17-26-11-7-8-12-27(26)22-28;12-11(13)10-6-5-8-3-1-2-4-9(8)7-10/h7-8,11-18,22H,9-10,19-21,23H2,1-6H3,(H,34,37)(H,35,38);1-7H,(H,12,13). The number of aryl methyl sites for hydroxylation is 1. The van der Waals surface area contributed by atoms with Gasteiger partial charge < -0.3 is 30.1 Å². The lowest BCUT2D eigenvalue weighted by atomic mass is 10.1. The molecule has 0 saturated heterocycles. The largest absolute Gasteiger partial charge is 0.478 e. The van der Waals surface area contributed by atoms with Crippen molar-refractivity contribution in [2.45, 2.75) is 72.1 Å². The molecule has 5 aromatic rings. The van der Waals surface area contributed by atoms with E-state index in [1.165, 1.54) is 0 Å². The van der Waals surface area contributed by atoms with Crippen molar-refractivity contribution in [2.75, 3.05) is 19.6 Å². The molecule has 0 unspecified atom stereocenters. The molecule has 0 radical (unpaired) electrons. The van der Waals surface area contributed by atoms with E-state index in [4.69, 9.17) is 14.6 Å². The zero-order chi connectivity index (χ0) is 39.3. The number of carbonyl (C=O) groups is 4. The number of hydrogen-bond acceptors (Lipinski definition) is 6. The molecule has 10 heteroatoms. The third kappa shape index (κ3) is 13.6. The Labute approximate surface area is 317 Å². The van der Waals surface area contributed by atoms with Crippen LogP contribution in [0.1, 0.15) is 79.8 Å². The summed E-state index contributed by atoms with van der Waals surface area (Å²) in [5.74, 6) is -1.06. The quantitative estimate of drug-likeness (QED) is 0.123. The summed E-state index contributed by atoms with van der Waals surface area (Å²) in [6.45, 7) is 12.5. The van der Waals surface area contributed by atoms with Crippen LogP contribution in [0.5, 0.6) is 0 Å². The van der Waals surface area contributed by atoms with Gasteiger partial charge in [0.2, 0.25) is 0 Å². The first-order valence-electron chi connectivity index (χ1n) is 18.1. The minimum atomic E-state index is -0.884. The Morgan fingerprint density at radius 3 is 1.69 bits per heavy atom. The maximum Gasteiger partial charge on any atom is 0.410 e. The summed E-state index contributed by atoms with van der Waals surface area (Å²) in [6.07, 6.45) is 0.647. The van der Waals surface area contributed by atoms with Crippen molar-refractivity contribution < 1.29 is 33.8 Å². The zero-order valence-electron chi connectivity index (χ0n) is 32.0. The lowest BCUT2D eigenvalue weighted by Gasteiger charge is -2.27. The Morgan fingerprint density at radius 1 is 0.611 bits per heavy atom. The first kappa shape index (κ1) is 40.9. The van der Waals surface area contributed by atoms with E-state index in [0.29, 0.717) is 37.3 Å². The number of nitrogens with zero attached hydrogens (tertiary/aromatic N) is 1. The Bertz CT molecular complexity index is 2050. The van der Waals surface area contributed by atoms with Crippen molar-refractivity contribution in [1.29, 1.82) is 0 Å². The number of aromatic carboxylic acids is 1. The summed E-state index contributed by atoms with van der Waals surface area (Å²) >= 11 is 0. The van der Waals surface area contributed by atoms with Crippen LogP contribution in [0.3, 0.4) is 0 Å². The highest BCUT2D eigenvalue weighted by molar-refractivity contribution is 5.98. The molecule has 3 N–H and O–H groups in total. The van der Waals surface area contributed by atoms with E-state index in [1.807, 2.05) is 139 Å². The predicted molar refractivity (Wildman–Crippen MR) is 213 cm³/mol. The molecule has 0 aliphatic rings. The van der Waals surface area contributed by atoms with E-state index in [0.717, 1.165) is 45.5 Å². The summed E-state index contributed by atoms with van der Waals surface area (Å²) in [4.78, 5) is 49.8. The number of carbonyl (C=O) groups excluding carboxylic acids is 3. The molecule has 0 heterocycles. The first-order valence-corrected chi connectivity index (χ1v) is 18.1. The fourth-order valence-corrected chi connectivity index (χ4v) is 5.47. The molecular weight excluding hydrogens is 682 g/mol. The van der Waals surface area contributed by atoms with E-state index in [9.17, 15) is 19.2 Å². The molecule has 5 rings (SSSR count). The average Bonchev–Trinajstić information content (AvgIpc) is 3.12. The lowest BCUT2D eigenvalue weighted by Crippen LogP contribution is -2.42. The molecule has 0 spiro atoms. The van der Waals surface area contributed by atoms with Crippen molar-refractivity contribution in [3.63, 3.8) is 0 Å². The topological polar surface area (TPSA) is 134 Å². The minimum absolute atomic E-state index is 0.180. The summed E-state index contributed by atoms with van der Waals surface area (Å²) in [5.41, 5.74) is 1.85. The number of benzene rings is 5. The third-order valence-corrected chi connectivity index (χ3v) is 8.08. The molecule has 54 heavy (non-hydrogen) atoms. The predicted octanol–water partition coefficient (Wildman–Crippen LogP) is 9.00. The molecule has 0 fully saturated rings. The number of hydrogen-bond donors (Lipinski definition) is 3. The summed E-state index contributed by atoms with van der Waals surface area (Å²) in [5, 5.41) is 18.5. The lowest BCUT2D eigenvalue weighted by molar-refractivity contribution is 0.0248. The van der Waals surface area contributed by atoms with Gasteiger partial charge in [-0.2, -0.15) is 0 Å². The highest BCUT2D eigenvalue weighted by Gasteiger charge is 2.22. The van der Waals surface area contributed by atoms with Gasteiger partial charge in [-0.15, -0.1) is 0 Å². The molecule has 0 bridgehead atoms. The highest BCUT2D eigenvalue weighted by atomic mass is 16.6. The molecule has 284 valence electrons. The second-order valence-electron chi connectivity index (χ2n) is 14.9. The number of carboxylic acids is 1. The van der Waals surface area contributed by atoms with Gasteiger partial charge in [0, 0.05) is 31.7 Å². The molecule has 10 nitrogen and oxygen atoms in total. The van der Waals surface area contributed by atoms with Gasteiger partial charge in [-0.05, 0) is 111 Å². The SMILES string of the molecule is CC(C)(C)OC(=O)NCc1ccc(CCCN(CCNC(=O)c2ccc3ccccc3c2)C(=O)OC(C)(C)C)cc1.O=C(O)c1ccc2ccccc2c1. The highest BCUT2D eigenvalue weighted by Crippen LogP contribution is 2.17. The van der Waals surface area contributed by atoms with Crippen LogP contribution < -0.4 is 10.6 Å². The maximum atomic E-state index is 12.9. The number of fused-ring (bicyclic) bond motifs is 2. The Balaban J connectivity index is 0.000000416. The summed E-state index contributed by atoms with van der Waals surface area (Å²) < 4.78 is 10.9. The van der Waals surface area contributed by atoms with Crippen molar-refractivity contribution in [1.82, 2.24) is 15.5 Å². The number of carboxylic acid groups (broad SMARTS) is 1. The van der Waals surface area contributed by atoms with Gasteiger partial charge in [-0.3, -0.25) is 4.79 Å². The van der Waals surface area contributed by atoms with E-state index in [1.54, 1.807) is 17.0 Å². The van der Waals surface area contributed by atoms with Gasteiger partial charge in [0.15, 0.2) is 0 Å². The van der Waals surface area contributed by atoms with Crippen molar-refractivity contribution in [2.24, 2.45) is 0 Å². The normalized spacial score (nSPS) is 11.2. The van der Waals surface area contributed by atoms with Gasteiger partial charge in [0.25, 0.3) is 5.91 Å². The third-order valence-electron chi connectivity index (χ3n) is 8.08. The zero-order valence-corrected chi connectivity index (χ0v) is 32.0. The van der Waals surface area contributed by atoms with Crippen molar-refractivity contribution in [3.8, 4) is 0 Å².